The van der Waals surface area contributed by atoms with Crippen LogP contribution in [0.5, 0.6) is 0 Å². The molecule has 0 aromatic carbocycles. The first-order valence-electron chi connectivity index (χ1n) is 5.55. The average Bonchev–Trinajstić information content (AvgIpc) is 3.01. The molecule has 1 fully saturated rings. The molecule has 1 saturated carbocycles. The lowest BCUT2D eigenvalue weighted by Crippen LogP contribution is -2.33. The number of carbonyl (C=O) groups excluding carboxylic acids is 1. The zero-order chi connectivity index (χ0) is 11.1. The summed E-state index contributed by atoms with van der Waals surface area (Å²) >= 11 is 5.56. The van der Waals surface area contributed by atoms with Crippen molar-refractivity contribution in [3.05, 3.63) is 0 Å². The van der Waals surface area contributed by atoms with Crippen molar-refractivity contribution in [1.29, 1.82) is 0 Å². The quantitative estimate of drug-likeness (QED) is 0.371. The van der Waals surface area contributed by atoms with Crippen LogP contribution in [0, 0.1) is 18.3 Å². The third-order valence-electron chi connectivity index (χ3n) is 2.58. The fraction of sp³-hybridized carbons (Fsp3) is 0.750. The maximum Gasteiger partial charge on any atom is 0.223 e. The monoisotopic (exact) mass is 227 g/mol. The summed E-state index contributed by atoms with van der Waals surface area (Å²) in [5, 5.41) is 0. The van der Waals surface area contributed by atoms with Crippen molar-refractivity contribution < 1.29 is 4.79 Å². The summed E-state index contributed by atoms with van der Waals surface area (Å²) in [5.41, 5.74) is 0. The van der Waals surface area contributed by atoms with Crippen molar-refractivity contribution in [2.45, 2.75) is 32.1 Å². The van der Waals surface area contributed by atoms with Crippen molar-refractivity contribution in [2.24, 2.45) is 5.92 Å². The van der Waals surface area contributed by atoms with Gasteiger partial charge in [-0.05, 0) is 31.6 Å². The molecule has 84 valence electrons. The predicted molar refractivity (Wildman–Crippen MR) is 62.7 cm³/mol. The number of hydrogen-bond acceptors (Lipinski definition) is 1. The first-order valence-corrected chi connectivity index (χ1v) is 6.08. The van der Waals surface area contributed by atoms with Crippen molar-refractivity contribution in [3.63, 3.8) is 0 Å². The number of nitrogens with zero attached hydrogens (tertiary/aromatic N) is 1. The van der Waals surface area contributed by atoms with Crippen molar-refractivity contribution in [2.75, 3.05) is 19.0 Å². The average molecular weight is 228 g/mol. The molecule has 3 heteroatoms. The Bertz CT molecular complexity index is 242. The molecule has 0 bridgehead atoms. The van der Waals surface area contributed by atoms with Crippen LogP contribution in [0.1, 0.15) is 32.1 Å². The Morgan fingerprint density at radius 3 is 2.73 bits per heavy atom. The Morgan fingerprint density at radius 2 is 2.20 bits per heavy atom. The van der Waals surface area contributed by atoms with Crippen LogP contribution in [0.25, 0.3) is 0 Å². The van der Waals surface area contributed by atoms with Gasteiger partial charge in [0.05, 0.1) is 6.54 Å². The second-order valence-electron chi connectivity index (χ2n) is 4.07. The molecule has 0 saturated heterocycles. The molecule has 2 nitrogen and oxygen atoms in total. The second-order valence-corrected chi connectivity index (χ2v) is 4.45. The van der Waals surface area contributed by atoms with Gasteiger partial charge in [0.15, 0.2) is 0 Å². The molecule has 15 heavy (non-hydrogen) atoms. The van der Waals surface area contributed by atoms with Gasteiger partial charge in [-0.1, -0.05) is 5.92 Å². The molecule has 0 unspecified atom stereocenters. The Balaban J connectivity index is 2.26. The van der Waals surface area contributed by atoms with Crippen molar-refractivity contribution >= 4 is 17.5 Å². The molecule has 0 atom stereocenters. The van der Waals surface area contributed by atoms with Crippen LogP contribution in [0.15, 0.2) is 0 Å². The van der Waals surface area contributed by atoms with E-state index in [0.29, 0.717) is 24.8 Å². The number of carbonyl (C=O) groups is 1. The fourth-order valence-corrected chi connectivity index (χ4v) is 1.69. The lowest BCUT2D eigenvalue weighted by Gasteiger charge is -2.19. The molecule has 0 N–H and O–H groups in total. The minimum absolute atomic E-state index is 0.185. The second kappa shape index (κ2) is 6.74. The predicted octanol–water partition coefficient (Wildman–Crippen LogP) is 2.27. The number of hydrogen-bond donors (Lipinski definition) is 0. The topological polar surface area (TPSA) is 20.3 Å². The zero-order valence-corrected chi connectivity index (χ0v) is 9.80. The van der Waals surface area contributed by atoms with Gasteiger partial charge in [-0.15, -0.1) is 18.0 Å². The molecule has 0 aromatic rings. The van der Waals surface area contributed by atoms with Gasteiger partial charge in [0, 0.05) is 18.8 Å². The van der Waals surface area contributed by atoms with E-state index in [1.165, 1.54) is 12.8 Å². The van der Waals surface area contributed by atoms with Crippen LogP contribution in [0.3, 0.4) is 0 Å². The number of terminal acetylenes is 1. The van der Waals surface area contributed by atoms with Crippen LogP contribution >= 0.6 is 11.6 Å². The molecule has 0 radical (unpaired) electrons. The van der Waals surface area contributed by atoms with E-state index in [1.807, 2.05) is 4.90 Å². The standard InChI is InChI=1S/C12H18ClNO/c1-2-9-14(10-11-6-7-11)12(15)5-3-4-8-13/h1,11H,3-10H2. The first kappa shape index (κ1) is 12.4. The maximum atomic E-state index is 11.8. The lowest BCUT2D eigenvalue weighted by molar-refractivity contribution is -0.130. The fourth-order valence-electron chi connectivity index (χ4n) is 1.51. The highest BCUT2D eigenvalue weighted by Gasteiger charge is 2.25. The highest BCUT2D eigenvalue weighted by molar-refractivity contribution is 6.17. The third-order valence-corrected chi connectivity index (χ3v) is 2.85. The molecular weight excluding hydrogens is 210 g/mol. The van der Waals surface area contributed by atoms with Crippen molar-refractivity contribution in [3.8, 4) is 12.3 Å². The molecule has 0 aliphatic heterocycles. The van der Waals surface area contributed by atoms with Crippen LogP contribution in [-0.4, -0.2) is 29.8 Å². The summed E-state index contributed by atoms with van der Waals surface area (Å²) in [7, 11) is 0. The maximum absolute atomic E-state index is 11.8. The highest BCUT2D eigenvalue weighted by Crippen LogP contribution is 2.29. The van der Waals surface area contributed by atoms with E-state index in [1.54, 1.807) is 0 Å². The van der Waals surface area contributed by atoms with Crippen molar-refractivity contribution in [1.82, 2.24) is 4.90 Å². The summed E-state index contributed by atoms with van der Waals surface area (Å²) in [6.07, 6.45) is 10.1. The zero-order valence-electron chi connectivity index (χ0n) is 9.04. The van der Waals surface area contributed by atoms with Gasteiger partial charge >= 0.3 is 0 Å². The number of alkyl halides is 1. The van der Waals surface area contributed by atoms with Crippen LogP contribution in [-0.2, 0) is 4.79 Å². The van der Waals surface area contributed by atoms with Gasteiger partial charge in [0.2, 0.25) is 5.91 Å². The van der Waals surface area contributed by atoms with Gasteiger partial charge in [-0.25, -0.2) is 0 Å². The summed E-state index contributed by atoms with van der Waals surface area (Å²) in [6, 6.07) is 0. The van der Waals surface area contributed by atoms with Gasteiger partial charge in [-0.3, -0.25) is 4.79 Å². The van der Waals surface area contributed by atoms with Gasteiger partial charge in [0.25, 0.3) is 0 Å². The molecule has 0 spiro atoms. The third kappa shape index (κ3) is 5.09. The number of halogens is 1. The molecule has 1 aliphatic rings. The largest absolute Gasteiger partial charge is 0.331 e. The molecule has 1 aliphatic carbocycles. The normalized spacial score (nSPS) is 14.7. The molecule has 1 amide bonds. The Kier molecular flexibility index (Phi) is 5.57. The van der Waals surface area contributed by atoms with E-state index < -0.39 is 0 Å². The van der Waals surface area contributed by atoms with Crippen LogP contribution in [0.4, 0.5) is 0 Å². The van der Waals surface area contributed by atoms with E-state index in [0.717, 1.165) is 19.4 Å². The Morgan fingerprint density at radius 1 is 1.47 bits per heavy atom. The smallest absolute Gasteiger partial charge is 0.223 e. The number of unbranched alkanes of at least 4 members (excludes halogenated alkanes) is 1. The first-order chi connectivity index (χ1) is 7.27. The van der Waals surface area contributed by atoms with E-state index in [4.69, 9.17) is 18.0 Å². The molecule has 1 rings (SSSR count). The number of amides is 1. The summed E-state index contributed by atoms with van der Waals surface area (Å²) in [6.45, 7) is 1.31. The van der Waals surface area contributed by atoms with E-state index in [2.05, 4.69) is 5.92 Å². The van der Waals surface area contributed by atoms with Gasteiger partial charge in [-0.2, -0.15) is 0 Å². The van der Waals surface area contributed by atoms with E-state index >= 15 is 0 Å². The van der Waals surface area contributed by atoms with Crippen LogP contribution in [0.2, 0.25) is 0 Å². The summed E-state index contributed by atoms with van der Waals surface area (Å²) in [4.78, 5) is 13.6. The lowest BCUT2D eigenvalue weighted by atomic mass is 10.2. The minimum atomic E-state index is 0.185. The van der Waals surface area contributed by atoms with E-state index in [9.17, 15) is 4.79 Å². The molecular formula is C12H18ClNO. The molecule has 0 aromatic heterocycles. The Hall–Kier alpha value is -0.680. The summed E-state index contributed by atoms with van der Waals surface area (Å²) < 4.78 is 0. The Labute approximate surface area is 97.0 Å². The van der Waals surface area contributed by atoms with Gasteiger partial charge < -0.3 is 4.90 Å². The molecule has 0 heterocycles. The van der Waals surface area contributed by atoms with Gasteiger partial charge in [0.1, 0.15) is 0 Å². The SMILES string of the molecule is C#CCN(CC1CC1)C(=O)CCCCCl. The van der Waals surface area contributed by atoms with E-state index in [-0.39, 0.29) is 5.91 Å². The van der Waals surface area contributed by atoms with Crippen LogP contribution < -0.4 is 0 Å². The minimum Gasteiger partial charge on any atom is -0.331 e. The summed E-state index contributed by atoms with van der Waals surface area (Å²) in [5.74, 6) is 4.07. The highest BCUT2D eigenvalue weighted by atomic mass is 35.5. The number of rotatable bonds is 7.